The van der Waals surface area contributed by atoms with Crippen molar-refractivity contribution in [1.82, 2.24) is 5.32 Å². The number of benzene rings is 1. The lowest BCUT2D eigenvalue weighted by Crippen LogP contribution is -2.44. The van der Waals surface area contributed by atoms with Gasteiger partial charge in [0.15, 0.2) is 18.1 Å². The maximum absolute atomic E-state index is 11.8. The smallest absolute Gasteiger partial charge is 0.331 e. The molecule has 26 heavy (non-hydrogen) atoms. The molecule has 1 N–H and O–H groups in total. The quantitative estimate of drug-likeness (QED) is 0.535. The summed E-state index contributed by atoms with van der Waals surface area (Å²) in [5, 5.41) is 2.79. The number of rotatable bonds is 9. The highest BCUT2D eigenvalue weighted by atomic mass is 16.5. The standard InChI is InChI=1S/C19H27NO6/c1-7-19(2,3)20-17(21)12-26-18(22)9-8-13-10-15(24-5)16(25-6)11-14(13)23-4/h8-11H,7,12H2,1-6H3,(H,20,21)/b9-8+. The number of methoxy groups -OCH3 is 3. The molecule has 0 aliphatic carbocycles. The maximum Gasteiger partial charge on any atom is 0.331 e. The Balaban J connectivity index is 2.75. The average molecular weight is 365 g/mol. The highest BCUT2D eigenvalue weighted by Gasteiger charge is 2.18. The third-order valence-corrected chi connectivity index (χ3v) is 3.84. The molecule has 0 aromatic heterocycles. The summed E-state index contributed by atoms with van der Waals surface area (Å²) < 4.78 is 20.7. The first-order valence-corrected chi connectivity index (χ1v) is 8.22. The molecule has 0 unspecified atom stereocenters. The highest BCUT2D eigenvalue weighted by Crippen LogP contribution is 2.35. The second-order valence-electron chi connectivity index (χ2n) is 6.18. The molecule has 144 valence electrons. The zero-order valence-corrected chi connectivity index (χ0v) is 16.2. The predicted octanol–water partition coefficient (Wildman–Crippen LogP) is 2.57. The van der Waals surface area contributed by atoms with Gasteiger partial charge in [-0.2, -0.15) is 0 Å². The molecular formula is C19H27NO6. The number of hydrogen-bond donors (Lipinski definition) is 1. The van der Waals surface area contributed by atoms with Gasteiger partial charge in [0.05, 0.1) is 21.3 Å². The molecular weight excluding hydrogens is 338 g/mol. The van der Waals surface area contributed by atoms with Crippen molar-refractivity contribution in [3.05, 3.63) is 23.8 Å². The number of ether oxygens (including phenoxy) is 4. The molecule has 0 fully saturated rings. The monoisotopic (exact) mass is 365 g/mol. The molecule has 0 bridgehead atoms. The SMILES string of the molecule is CCC(C)(C)NC(=O)COC(=O)/C=C/c1cc(OC)c(OC)cc1OC. The van der Waals surface area contributed by atoms with Gasteiger partial charge in [-0.1, -0.05) is 6.92 Å². The van der Waals surface area contributed by atoms with Crippen molar-refractivity contribution in [2.45, 2.75) is 32.7 Å². The van der Waals surface area contributed by atoms with Crippen LogP contribution in [0.3, 0.4) is 0 Å². The van der Waals surface area contributed by atoms with E-state index >= 15 is 0 Å². The van der Waals surface area contributed by atoms with Crippen molar-refractivity contribution in [3.8, 4) is 17.2 Å². The first-order chi connectivity index (χ1) is 12.3. The van der Waals surface area contributed by atoms with E-state index in [1.54, 1.807) is 12.1 Å². The number of hydrogen-bond acceptors (Lipinski definition) is 6. The van der Waals surface area contributed by atoms with Crippen molar-refractivity contribution in [1.29, 1.82) is 0 Å². The third kappa shape index (κ3) is 6.31. The van der Waals surface area contributed by atoms with E-state index in [2.05, 4.69) is 5.32 Å². The average Bonchev–Trinajstić information content (AvgIpc) is 2.63. The van der Waals surface area contributed by atoms with Crippen molar-refractivity contribution in [2.75, 3.05) is 27.9 Å². The number of nitrogens with one attached hydrogen (secondary N) is 1. The van der Waals surface area contributed by atoms with Crippen LogP contribution < -0.4 is 19.5 Å². The van der Waals surface area contributed by atoms with Gasteiger partial charge in [-0.25, -0.2) is 4.79 Å². The van der Waals surface area contributed by atoms with Gasteiger partial charge in [0.2, 0.25) is 0 Å². The molecule has 0 saturated carbocycles. The van der Waals surface area contributed by atoms with E-state index in [0.29, 0.717) is 22.8 Å². The molecule has 0 heterocycles. The van der Waals surface area contributed by atoms with Crippen LogP contribution in [0.1, 0.15) is 32.8 Å². The third-order valence-electron chi connectivity index (χ3n) is 3.84. The lowest BCUT2D eigenvalue weighted by atomic mass is 10.0. The Morgan fingerprint density at radius 3 is 2.15 bits per heavy atom. The topological polar surface area (TPSA) is 83.1 Å². The molecule has 1 rings (SSSR count). The molecule has 7 heteroatoms. The summed E-state index contributed by atoms with van der Waals surface area (Å²) >= 11 is 0. The van der Waals surface area contributed by atoms with Crippen LogP contribution in [0.4, 0.5) is 0 Å². The fourth-order valence-electron chi connectivity index (χ4n) is 2.03. The maximum atomic E-state index is 11.8. The minimum absolute atomic E-state index is 0.338. The first-order valence-electron chi connectivity index (χ1n) is 8.22. The Morgan fingerprint density at radius 2 is 1.62 bits per heavy atom. The van der Waals surface area contributed by atoms with E-state index in [1.165, 1.54) is 33.5 Å². The summed E-state index contributed by atoms with van der Waals surface area (Å²) in [7, 11) is 4.55. The largest absolute Gasteiger partial charge is 0.496 e. The van der Waals surface area contributed by atoms with Crippen LogP contribution >= 0.6 is 0 Å². The van der Waals surface area contributed by atoms with Crippen LogP contribution in [0, 0.1) is 0 Å². The number of carbonyl (C=O) groups is 2. The predicted molar refractivity (Wildman–Crippen MR) is 98.6 cm³/mol. The van der Waals surface area contributed by atoms with Crippen molar-refractivity contribution in [2.24, 2.45) is 0 Å². The lowest BCUT2D eigenvalue weighted by Gasteiger charge is -2.24. The summed E-state index contributed by atoms with van der Waals surface area (Å²) in [6.07, 6.45) is 3.52. The fraction of sp³-hybridized carbons (Fsp3) is 0.474. The van der Waals surface area contributed by atoms with Gasteiger partial charge in [0.25, 0.3) is 5.91 Å². The molecule has 0 atom stereocenters. The van der Waals surface area contributed by atoms with Gasteiger partial charge in [-0.15, -0.1) is 0 Å². The summed E-state index contributed by atoms with van der Waals surface area (Å²) in [5.41, 5.74) is 0.269. The van der Waals surface area contributed by atoms with E-state index in [0.717, 1.165) is 6.42 Å². The molecule has 0 aliphatic heterocycles. The Hall–Kier alpha value is -2.70. The Morgan fingerprint density at radius 1 is 1.04 bits per heavy atom. The Kier molecular flexibility index (Phi) is 7.96. The summed E-state index contributed by atoms with van der Waals surface area (Å²) in [5.74, 6) is 0.546. The summed E-state index contributed by atoms with van der Waals surface area (Å²) in [6.45, 7) is 5.42. The van der Waals surface area contributed by atoms with Crippen LogP contribution in [0.15, 0.2) is 18.2 Å². The number of esters is 1. The minimum Gasteiger partial charge on any atom is -0.496 e. The normalized spacial score (nSPS) is 11.2. The molecule has 7 nitrogen and oxygen atoms in total. The van der Waals surface area contributed by atoms with Crippen LogP contribution in [0.5, 0.6) is 17.2 Å². The second kappa shape index (κ2) is 9.70. The van der Waals surface area contributed by atoms with Crippen LogP contribution in [-0.4, -0.2) is 45.4 Å². The zero-order valence-electron chi connectivity index (χ0n) is 16.2. The number of amides is 1. The van der Waals surface area contributed by atoms with Gasteiger partial charge in [-0.05, 0) is 32.4 Å². The Bertz CT molecular complexity index is 666. The molecule has 1 amide bonds. The molecule has 0 aliphatic rings. The van der Waals surface area contributed by atoms with Gasteiger partial charge < -0.3 is 24.3 Å². The van der Waals surface area contributed by atoms with Crippen LogP contribution in [-0.2, 0) is 14.3 Å². The number of carbonyl (C=O) groups excluding carboxylic acids is 2. The van der Waals surface area contributed by atoms with Gasteiger partial charge in [-0.3, -0.25) is 4.79 Å². The Labute approximate surface area is 154 Å². The van der Waals surface area contributed by atoms with E-state index < -0.39 is 5.97 Å². The molecule has 0 radical (unpaired) electrons. The van der Waals surface area contributed by atoms with Crippen LogP contribution in [0.2, 0.25) is 0 Å². The lowest BCUT2D eigenvalue weighted by molar-refractivity contribution is -0.144. The van der Waals surface area contributed by atoms with Crippen molar-refractivity contribution in [3.63, 3.8) is 0 Å². The summed E-state index contributed by atoms with van der Waals surface area (Å²) in [6, 6.07) is 3.34. The van der Waals surface area contributed by atoms with Gasteiger partial charge in [0.1, 0.15) is 5.75 Å². The summed E-state index contributed by atoms with van der Waals surface area (Å²) in [4.78, 5) is 23.6. The van der Waals surface area contributed by atoms with Gasteiger partial charge in [0, 0.05) is 23.2 Å². The molecule has 1 aromatic carbocycles. The molecule has 1 aromatic rings. The first kappa shape index (κ1) is 21.3. The molecule has 0 saturated heterocycles. The fourth-order valence-corrected chi connectivity index (χ4v) is 2.03. The van der Waals surface area contributed by atoms with E-state index in [-0.39, 0.29) is 18.1 Å². The second-order valence-corrected chi connectivity index (χ2v) is 6.18. The van der Waals surface area contributed by atoms with E-state index in [1.807, 2.05) is 20.8 Å². The van der Waals surface area contributed by atoms with E-state index in [9.17, 15) is 9.59 Å². The molecule has 0 spiro atoms. The minimum atomic E-state index is -0.633. The van der Waals surface area contributed by atoms with Crippen LogP contribution in [0.25, 0.3) is 6.08 Å². The van der Waals surface area contributed by atoms with Crippen molar-refractivity contribution < 1.29 is 28.5 Å². The van der Waals surface area contributed by atoms with E-state index in [4.69, 9.17) is 18.9 Å². The zero-order chi connectivity index (χ0) is 19.7. The van der Waals surface area contributed by atoms with Crippen molar-refractivity contribution >= 4 is 18.0 Å². The van der Waals surface area contributed by atoms with Gasteiger partial charge >= 0.3 is 5.97 Å². The highest BCUT2D eigenvalue weighted by molar-refractivity contribution is 5.90.